The minimum Gasteiger partial charge on any atom is -0.476 e. The van der Waals surface area contributed by atoms with Crippen LogP contribution in [0.2, 0.25) is 0 Å². The Morgan fingerprint density at radius 1 is 1.14 bits per heavy atom. The van der Waals surface area contributed by atoms with Gasteiger partial charge in [-0.2, -0.15) is 0 Å². The number of ketones is 1. The number of fused-ring (bicyclic) bond motifs is 1. The normalized spacial score (nSPS) is 21.4. The number of aryl methyl sites for hydroxylation is 1. The molecule has 0 radical (unpaired) electrons. The molecule has 2 heterocycles. The highest BCUT2D eigenvalue weighted by Gasteiger charge is 2.60. The van der Waals surface area contributed by atoms with Crippen molar-refractivity contribution in [3.05, 3.63) is 58.7 Å². The third-order valence-electron chi connectivity index (χ3n) is 7.55. The summed E-state index contributed by atoms with van der Waals surface area (Å²) in [6.45, 7) is 12.7. The SMILES string of the molecule is CCS(=O)(=O)c1ccc(CNC(=O)N2CC(C(C)C)C3(C2)Oc2c(C(C)C)ccc(C)c2C3=O)cc1. The molecule has 194 valence electrons. The molecular weight excluding hydrogens is 476 g/mol. The van der Waals surface area contributed by atoms with E-state index in [2.05, 4.69) is 33.0 Å². The van der Waals surface area contributed by atoms with Gasteiger partial charge in [0.05, 0.1) is 22.8 Å². The van der Waals surface area contributed by atoms with Gasteiger partial charge in [0, 0.05) is 19.0 Å². The molecule has 2 aromatic rings. The van der Waals surface area contributed by atoms with E-state index in [-0.39, 0.29) is 53.3 Å². The average Bonchev–Trinajstić information content (AvgIpc) is 3.36. The maximum atomic E-state index is 13.9. The fourth-order valence-electron chi connectivity index (χ4n) is 5.36. The molecule has 4 rings (SSSR count). The third kappa shape index (κ3) is 4.40. The maximum Gasteiger partial charge on any atom is 0.317 e. The lowest BCUT2D eigenvalue weighted by Crippen LogP contribution is -2.50. The highest BCUT2D eigenvalue weighted by atomic mass is 32.2. The number of likely N-dealkylation sites (tertiary alicyclic amines) is 1. The number of Topliss-reactive ketones (excluding diaryl/α,β-unsaturated/α-hetero) is 1. The van der Waals surface area contributed by atoms with Crippen LogP contribution in [0.4, 0.5) is 4.79 Å². The number of sulfone groups is 1. The van der Waals surface area contributed by atoms with Gasteiger partial charge in [0.25, 0.3) is 0 Å². The smallest absolute Gasteiger partial charge is 0.317 e. The van der Waals surface area contributed by atoms with Crippen LogP contribution in [-0.2, 0) is 16.4 Å². The van der Waals surface area contributed by atoms with Crippen molar-refractivity contribution in [1.82, 2.24) is 10.2 Å². The largest absolute Gasteiger partial charge is 0.476 e. The quantitative estimate of drug-likeness (QED) is 0.604. The number of nitrogens with zero attached hydrogens (tertiary/aromatic N) is 1. The molecule has 8 heteroatoms. The number of urea groups is 1. The topological polar surface area (TPSA) is 92.8 Å². The van der Waals surface area contributed by atoms with Crippen molar-refractivity contribution in [1.29, 1.82) is 0 Å². The van der Waals surface area contributed by atoms with Gasteiger partial charge in [-0.05, 0) is 47.6 Å². The van der Waals surface area contributed by atoms with Crippen LogP contribution >= 0.6 is 0 Å². The first-order valence-corrected chi connectivity index (χ1v) is 14.3. The monoisotopic (exact) mass is 512 g/mol. The third-order valence-corrected chi connectivity index (χ3v) is 9.30. The second kappa shape index (κ2) is 9.54. The van der Waals surface area contributed by atoms with Crippen molar-refractivity contribution < 1.29 is 22.7 Å². The summed E-state index contributed by atoms with van der Waals surface area (Å²) < 4.78 is 30.7. The van der Waals surface area contributed by atoms with Gasteiger partial charge < -0.3 is 15.0 Å². The number of nitrogens with one attached hydrogen (secondary N) is 1. The number of ether oxygens (including phenoxy) is 1. The zero-order valence-corrected chi connectivity index (χ0v) is 22.7. The van der Waals surface area contributed by atoms with Crippen LogP contribution in [0.25, 0.3) is 0 Å². The lowest BCUT2D eigenvalue weighted by atomic mass is 9.78. The number of carbonyl (C=O) groups is 2. The Kier molecular flexibility index (Phi) is 6.94. The van der Waals surface area contributed by atoms with Gasteiger partial charge in [-0.15, -0.1) is 0 Å². The number of rotatable bonds is 6. The zero-order chi connectivity index (χ0) is 26.4. The molecule has 0 aromatic heterocycles. The Morgan fingerprint density at radius 3 is 2.39 bits per heavy atom. The summed E-state index contributed by atoms with van der Waals surface area (Å²) in [5.41, 5.74) is 2.27. The number of hydrogen-bond acceptors (Lipinski definition) is 5. The van der Waals surface area contributed by atoms with Crippen LogP contribution in [0.5, 0.6) is 5.75 Å². The maximum absolute atomic E-state index is 13.9. The van der Waals surface area contributed by atoms with Gasteiger partial charge >= 0.3 is 6.03 Å². The van der Waals surface area contributed by atoms with E-state index in [4.69, 9.17) is 4.74 Å². The highest BCUT2D eigenvalue weighted by molar-refractivity contribution is 7.91. The molecule has 2 aliphatic heterocycles. The minimum atomic E-state index is -3.27. The first-order chi connectivity index (χ1) is 16.9. The Labute approximate surface area is 214 Å². The Balaban J connectivity index is 1.53. The van der Waals surface area contributed by atoms with E-state index < -0.39 is 15.4 Å². The minimum absolute atomic E-state index is 0.0285. The Hall–Kier alpha value is -2.87. The second-order valence-corrected chi connectivity index (χ2v) is 12.9. The fraction of sp³-hybridized carbons (Fsp3) is 0.500. The van der Waals surface area contributed by atoms with Gasteiger partial charge in [-0.1, -0.05) is 58.9 Å². The number of carbonyl (C=O) groups excluding carboxylic acids is 2. The molecule has 36 heavy (non-hydrogen) atoms. The van der Waals surface area contributed by atoms with E-state index in [1.54, 1.807) is 36.1 Å². The summed E-state index contributed by atoms with van der Waals surface area (Å²) in [5, 5.41) is 2.93. The lowest BCUT2D eigenvalue weighted by molar-refractivity contribution is 0.0347. The molecule has 1 spiro atoms. The van der Waals surface area contributed by atoms with Crippen LogP contribution < -0.4 is 10.1 Å². The summed E-state index contributed by atoms with van der Waals surface area (Å²) in [7, 11) is -3.27. The van der Waals surface area contributed by atoms with E-state index in [1.165, 1.54) is 0 Å². The van der Waals surface area contributed by atoms with Crippen LogP contribution in [0.15, 0.2) is 41.3 Å². The van der Waals surface area contributed by atoms with E-state index in [1.807, 2.05) is 19.1 Å². The fourth-order valence-corrected chi connectivity index (χ4v) is 6.24. The standard InChI is InChI=1S/C28H36N2O5S/c1-7-36(33,34)21-11-9-20(10-12-21)14-29-27(32)30-15-23(18(4)5)28(16-30)26(31)24-19(6)8-13-22(17(2)3)25(24)35-28/h8-13,17-18,23H,7,14-16H2,1-6H3,(H,29,32). The summed E-state index contributed by atoms with van der Waals surface area (Å²) in [6.07, 6.45) is 0. The molecule has 0 aliphatic carbocycles. The van der Waals surface area contributed by atoms with Crippen molar-refractivity contribution in [3.63, 3.8) is 0 Å². The average molecular weight is 513 g/mol. The summed E-state index contributed by atoms with van der Waals surface area (Å²) in [6, 6.07) is 10.3. The molecule has 2 aliphatic rings. The van der Waals surface area contributed by atoms with Crippen molar-refractivity contribution in [2.75, 3.05) is 18.8 Å². The first kappa shape index (κ1) is 26.2. The van der Waals surface area contributed by atoms with Crippen LogP contribution in [-0.4, -0.2) is 49.6 Å². The van der Waals surface area contributed by atoms with Gasteiger partial charge in [0.15, 0.2) is 15.4 Å². The molecule has 2 atom stereocenters. The number of benzene rings is 2. The Morgan fingerprint density at radius 2 is 1.81 bits per heavy atom. The van der Waals surface area contributed by atoms with Gasteiger partial charge in [-0.25, -0.2) is 13.2 Å². The highest BCUT2D eigenvalue weighted by Crippen LogP contribution is 2.49. The van der Waals surface area contributed by atoms with Gasteiger partial charge in [-0.3, -0.25) is 4.79 Å². The first-order valence-electron chi connectivity index (χ1n) is 12.6. The van der Waals surface area contributed by atoms with E-state index in [9.17, 15) is 18.0 Å². The summed E-state index contributed by atoms with van der Waals surface area (Å²) in [4.78, 5) is 29.0. The molecule has 2 unspecified atom stereocenters. The molecule has 2 amide bonds. The molecule has 0 bridgehead atoms. The predicted molar refractivity (Wildman–Crippen MR) is 139 cm³/mol. The second-order valence-electron chi connectivity index (χ2n) is 10.6. The molecule has 2 aromatic carbocycles. The summed E-state index contributed by atoms with van der Waals surface area (Å²) in [5.74, 6) is 0.890. The van der Waals surface area contributed by atoms with Crippen molar-refractivity contribution in [3.8, 4) is 5.75 Å². The van der Waals surface area contributed by atoms with Crippen LogP contribution in [0, 0.1) is 18.8 Å². The number of amides is 2. The van der Waals surface area contributed by atoms with Crippen molar-refractivity contribution in [2.45, 2.75) is 64.5 Å². The van der Waals surface area contributed by atoms with Gasteiger partial charge in [0.2, 0.25) is 5.78 Å². The molecule has 0 saturated carbocycles. The molecular formula is C28H36N2O5S. The predicted octanol–water partition coefficient (Wildman–Crippen LogP) is 4.72. The molecule has 1 saturated heterocycles. The van der Waals surface area contributed by atoms with E-state index in [0.29, 0.717) is 17.9 Å². The van der Waals surface area contributed by atoms with Crippen LogP contribution in [0.1, 0.15) is 67.6 Å². The van der Waals surface area contributed by atoms with Crippen molar-refractivity contribution >= 4 is 21.7 Å². The lowest BCUT2D eigenvalue weighted by Gasteiger charge is -2.30. The number of hydrogen-bond donors (Lipinski definition) is 1. The van der Waals surface area contributed by atoms with E-state index >= 15 is 0 Å². The summed E-state index contributed by atoms with van der Waals surface area (Å²) >= 11 is 0. The molecule has 7 nitrogen and oxygen atoms in total. The van der Waals surface area contributed by atoms with E-state index in [0.717, 1.165) is 16.7 Å². The Bertz CT molecular complexity index is 1280. The molecule has 1 fully saturated rings. The van der Waals surface area contributed by atoms with Crippen LogP contribution in [0.3, 0.4) is 0 Å². The zero-order valence-electron chi connectivity index (χ0n) is 21.9. The van der Waals surface area contributed by atoms with Crippen molar-refractivity contribution in [2.24, 2.45) is 11.8 Å². The van der Waals surface area contributed by atoms with Gasteiger partial charge in [0.1, 0.15) is 5.75 Å². The molecule has 1 N–H and O–H groups in total.